The molecule has 2 heteroatoms. The Morgan fingerprint density at radius 3 is 1.80 bits per heavy atom. The molecule has 0 spiro atoms. The number of hydrogen-bond acceptors (Lipinski definition) is 2. The summed E-state index contributed by atoms with van der Waals surface area (Å²) < 4.78 is 0. The van der Waals surface area contributed by atoms with Gasteiger partial charge in [0.25, 0.3) is 0 Å². The molecule has 0 heterocycles. The van der Waals surface area contributed by atoms with Crippen molar-refractivity contribution in [2.45, 2.75) is 34.1 Å². The van der Waals surface area contributed by atoms with Gasteiger partial charge in [0.15, 0.2) is 0 Å². The van der Waals surface area contributed by atoms with Gasteiger partial charge in [-0.15, -0.1) is 0 Å². The average Bonchev–Trinajstić information content (AvgIpc) is 1.63. The lowest BCUT2D eigenvalue weighted by atomic mass is 9.84. The van der Waals surface area contributed by atoms with Crippen LogP contribution >= 0.6 is 0 Å². The number of rotatable bonds is 3. The van der Waals surface area contributed by atoms with Crippen LogP contribution in [-0.4, -0.2) is 6.54 Å². The highest BCUT2D eigenvalue weighted by Crippen LogP contribution is 2.22. The summed E-state index contributed by atoms with van der Waals surface area (Å²) in [7, 11) is 0. The molecule has 0 fully saturated rings. The van der Waals surface area contributed by atoms with Gasteiger partial charge in [0.05, 0.1) is 0 Å². The highest BCUT2D eigenvalue weighted by atomic mass is 14.6. The Morgan fingerprint density at radius 2 is 1.70 bits per heavy atom. The first-order valence-electron chi connectivity index (χ1n) is 3.68. The van der Waals surface area contributed by atoms with E-state index in [9.17, 15) is 0 Å². The van der Waals surface area contributed by atoms with Crippen molar-refractivity contribution < 1.29 is 0 Å². The third-order valence-corrected chi connectivity index (χ3v) is 1.51. The fourth-order valence-electron chi connectivity index (χ4n) is 1.19. The first-order valence-corrected chi connectivity index (χ1v) is 3.68. The lowest BCUT2D eigenvalue weighted by Crippen LogP contribution is -2.24. The van der Waals surface area contributed by atoms with Gasteiger partial charge in [0.2, 0.25) is 0 Å². The van der Waals surface area contributed by atoms with Crippen molar-refractivity contribution in [3.05, 3.63) is 0 Å². The minimum absolute atomic E-state index is 0. The van der Waals surface area contributed by atoms with Crippen LogP contribution in [0, 0.1) is 11.3 Å². The van der Waals surface area contributed by atoms with Crippen LogP contribution in [0.2, 0.25) is 0 Å². The van der Waals surface area contributed by atoms with Gasteiger partial charge in [0.1, 0.15) is 0 Å². The summed E-state index contributed by atoms with van der Waals surface area (Å²) in [5.41, 5.74) is 5.90. The molecule has 0 aliphatic heterocycles. The molecule has 0 saturated heterocycles. The minimum Gasteiger partial charge on any atom is -0.344 e. The Kier molecular flexibility index (Phi) is 5.90. The number of nitrogens with two attached hydrogens (primary N) is 1. The Bertz CT molecular complexity index is 77.3. The Labute approximate surface area is 64.8 Å². The van der Waals surface area contributed by atoms with E-state index in [0.29, 0.717) is 5.41 Å². The first kappa shape index (κ1) is 12.6. The van der Waals surface area contributed by atoms with E-state index < -0.39 is 0 Å². The predicted molar refractivity (Wildman–Crippen MR) is 47.3 cm³/mol. The standard InChI is InChI=1S/C8H19N.H3N/c1-7(2)5-8(3,4)6-9;/h7H,5-6,9H2,1-4H3;1H3. The summed E-state index contributed by atoms with van der Waals surface area (Å²) in [6.45, 7) is 9.69. The predicted octanol–water partition coefficient (Wildman–Crippen LogP) is 2.18. The van der Waals surface area contributed by atoms with Crippen LogP contribution in [0.5, 0.6) is 0 Å². The Balaban J connectivity index is 0. The van der Waals surface area contributed by atoms with Crippen molar-refractivity contribution in [2.75, 3.05) is 6.54 Å². The lowest BCUT2D eigenvalue weighted by molar-refractivity contribution is 0.298. The minimum atomic E-state index is 0. The zero-order chi connectivity index (χ0) is 7.49. The van der Waals surface area contributed by atoms with E-state index in [2.05, 4.69) is 27.7 Å². The van der Waals surface area contributed by atoms with Crippen molar-refractivity contribution in [3.8, 4) is 0 Å². The maximum Gasteiger partial charge on any atom is -0.00257 e. The summed E-state index contributed by atoms with van der Waals surface area (Å²) in [6.07, 6.45) is 1.23. The van der Waals surface area contributed by atoms with Crippen LogP contribution in [0.25, 0.3) is 0 Å². The molecule has 0 aromatic rings. The van der Waals surface area contributed by atoms with Gasteiger partial charge in [-0.1, -0.05) is 27.7 Å². The molecule has 10 heavy (non-hydrogen) atoms. The summed E-state index contributed by atoms with van der Waals surface area (Å²) in [5.74, 6) is 0.767. The van der Waals surface area contributed by atoms with E-state index in [1.54, 1.807) is 0 Å². The molecule has 0 bridgehead atoms. The van der Waals surface area contributed by atoms with Crippen molar-refractivity contribution in [1.29, 1.82) is 0 Å². The van der Waals surface area contributed by atoms with Crippen LogP contribution in [0.4, 0.5) is 0 Å². The molecule has 0 saturated carbocycles. The molecule has 64 valence electrons. The molecule has 0 aromatic carbocycles. The topological polar surface area (TPSA) is 61.0 Å². The molecule has 0 radical (unpaired) electrons. The third kappa shape index (κ3) is 6.05. The van der Waals surface area contributed by atoms with E-state index in [-0.39, 0.29) is 6.15 Å². The second kappa shape index (κ2) is 4.69. The van der Waals surface area contributed by atoms with Crippen molar-refractivity contribution >= 4 is 0 Å². The van der Waals surface area contributed by atoms with Crippen LogP contribution in [0.1, 0.15) is 34.1 Å². The maximum absolute atomic E-state index is 5.55. The van der Waals surface area contributed by atoms with E-state index in [1.807, 2.05) is 0 Å². The molecule has 2 nitrogen and oxygen atoms in total. The molecule has 0 atom stereocenters. The van der Waals surface area contributed by atoms with Gasteiger partial charge >= 0.3 is 0 Å². The van der Waals surface area contributed by atoms with Gasteiger partial charge in [-0.05, 0) is 24.3 Å². The summed E-state index contributed by atoms with van der Waals surface area (Å²) in [6, 6.07) is 0. The van der Waals surface area contributed by atoms with E-state index in [4.69, 9.17) is 5.73 Å². The SMILES string of the molecule is CC(C)CC(C)(C)CN.N. The van der Waals surface area contributed by atoms with Crippen LogP contribution < -0.4 is 11.9 Å². The Hall–Kier alpha value is -0.0800. The fraction of sp³-hybridized carbons (Fsp3) is 1.00. The average molecular weight is 146 g/mol. The van der Waals surface area contributed by atoms with Gasteiger partial charge in [-0.2, -0.15) is 0 Å². The fourth-order valence-corrected chi connectivity index (χ4v) is 1.19. The Morgan fingerprint density at radius 1 is 1.30 bits per heavy atom. The smallest absolute Gasteiger partial charge is 0.00257 e. The van der Waals surface area contributed by atoms with Crippen LogP contribution in [0.15, 0.2) is 0 Å². The first-order chi connectivity index (χ1) is 3.98. The van der Waals surface area contributed by atoms with Crippen LogP contribution in [0.3, 0.4) is 0 Å². The zero-order valence-electron chi connectivity index (χ0n) is 7.78. The van der Waals surface area contributed by atoms with Gasteiger partial charge in [-0.25, -0.2) is 0 Å². The summed E-state index contributed by atoms with van der Waals surface area (Å²) >= 11 is 0. The van der Waals surface area contributed by atoms with E-state index in [0.717, 1.165) is 12.5 Å². The van der Waals surface area contributed by atoms with Crippen molar-refractivity contribution in [2.24, 2.45) is 17.1 Å². The largest absolute Gasteiger partial charge is 0.344 e. The lowest BCUT2D eigenvalue weighted by Gasteiger charge is -2.24. The zero-order valence-corrected chi connectivity index (χ0v) is 7.78. The van der Waals surface area contributed by atoms with E-state index in [1.165, 1.54) is 6.42 Å². The summed E-state index contributed by atoms with van der Waals surface area (Å²) in [5, 5.41) is 0. The highest BCUT2D eigenvalue weighted by Gasteiger charge is 2.16. The summed E-state index contributed by atoms with van der Waals surface area (Å²) in [4.78, 5) is 0. The van der Waals surface area contributed by atoms with Crippen LogP contribution in [-0.2, 0) is 0 Å². The van der Waals surface area contributed by atoms with Crippen molar-refractivity contribution in [3.63, 3.8) is 0 Å². The maximum atomic E-state index is 5.55. The molecule has 0 aromatic heterocycles. The monoisotopic (exact) mass is 146 g/mol. The van der Waals surface area contributed by atoms with Crippen molar-refractivity contribution in [1.82, 2.24) is 6.15 Å². The molecule has 0 aliphatic rings. The normalized spacial score (nSPS) is 11.4. The second-order valence-electron chi connectivity index (χ2n) is 3.97. The molecular formula is C8H22N2. The number of hydrogen-bond donors (Lipinski definition) is 2. The molecular weight excluding hydrogens is 124 g/mol. The molecule has 0 aliphatic carbocycles. The molecule has 0 unspecified atom stereocenters. The quantitative estimate of drug-likeness (QED) is 0.641. The van der Waals surface area contributed by atoms with Gasteiger partial charge in [-0.3, -0.25) is 0 Å². The highest BCUT2D eigenvalue weighted by molar-refractivity contribution is 4.70. The molecule has 0 rings (SSSR count). The van der Waals surface area contributed by atoms with E-state index >= 15 is 0 Å². The molecule has 5 N–H and O–H groups in total. The third-order valence-electron chi connectivity index (χ3n) is 1.51. The van der Waals surface area contributed by atoms with Gasteiger partial charge < -0.3 is 11.9 Å². The molecule has 0 amide bonds. The second-order valence-corrected chi connectivity index (χ2v) is 3.97. The van der Waals surface area contributed by atoms with Gasteiger partial charge in [0, 0.05) is 0 Å².